The third-order valence-corrected chi connectivity index (χ3v) is 4.42. The number of hydrogen-bond acceptors (Lipinski definition) is 6. The van der Waals surface area contributed by atoms with E-state index in [1.165, 1.54) is 0 Å². The lowest BCUT2D eigenvalue weighted by atomic mass is 9.97. The van der Waals surface area contributed by atoms with Crippen molar-refractivity contribution in [2.75, 3.05) is 20.3 Å². The molecule has 2 saturated heterocycles. The molecular formula is C18H26O6. The van der Waals surface area contributed by atoms with Crippen molar-refractivity contribution < 1.29 is 28.8 Å². The predicted molar refractivity (Wildman–Crippen MR) is 86.3 cm³/mol. The van der Waals surface area contributed by atoms with E-state index in [-0.39, 0.29) is 6.10 Å². The molecule has 6 heteroatoms. The fourth-order valence-electron chi connectivity index (χ4n) is 3.08. The zero-order valence-electron chi connectivity index (χ0n) is 14.2. The van der Waals surface area contributed by atoms with Crippen molar-refractivity contribution in [2.24, 2.45) is 0 Å². The van der Waals surface area contributed by atoms with Gasteiger partial charge < -0.3 is 28.8 Å². The monoisotopic (exact) mass is 338 g/mol. The van der Waals surface area contributed by atoms with Crippen molar-refractivity contribution in [1.29, 1.82) is 0 Å². The van der Waals surface area contributed by atoms with Gasteiger partial charge in [-0.2, -0.15) is 0 Å². The highest BCUT2D eigenvalue weighted by atomic mass is 16.8. The van der Waals surface area contributed by atoms with E-state index in [1.807, 2.05) is 30.3 Å². The van der Waals surface area contributed by atoms with Crippen LogP contribution < -0.4 is 0 Å². The lowest BCUT2D eigenvalue weighted by molar-refractivity contribution is -0.362. The smallest absolute Gasteiger partial charge is 0.186 e. The number of fused-ring (bicyclic) bond motifs is 1. The molecule has 0 spiro atoms. The van der Waals surface area contributed by atoms with Gasteiger partial charge in [-0.15, -0.1) is 0 Å². The fraction of sp³-hybridized carbons (Fsp3) is 0.667. The first-order chi connectivity index (χ1) is 11.7. The second kappa shape index (κ2) is 8.38. The molecule has 1 aromatic carbocycles. The van der Waals surface area contributed by atoms with Gasteiger partial charge in [-0.3, -0.25) is 0 Å². The van der Waals surface area contributed by atoms with Crippen LogP contribution in [0.25, 0.3) is 0 Å². The SMILES string of the molecule is CCCCOC1[C@@H](OC)OC2COC(c3ccccc3)O[C@H]2[C@@H]1O. The average molecular weight is 338 g/mol. The van der Waals surface area contributed by atoms with Gasteiger partial charge in [-0.05, 0) is 6.42 Å². The molecular weight excluding hydrogens is 312 g/mol. The van der Waals surface area contributed by atoms with Crippen LogP contribution in [0.2, 0.25) is 0 Å². The van der Waals surface area contributed by atoms with E-state index in [0.29, 0.717) is 13.2 Å². The summed E-state index contributed by atoms with van der Waals surface area (Å²) in [5.41, 5.74) is 0.917. The van der Waals surface area contributed by atoms with Crippen molar-refractivity contribution in [3.05, 3.63) is 35.9 Å². The van der Waals surface area contributed by atoms with E-state index in [0.717, 1.165) is 18.4 Å². The summed E-state index contributed by atoms with van der Waals surface area (Å²) in [6.07, 6.45) is -1.49. The molecule has 24 heavy (non-hydrogen) atoms. The van der Waals surface area contributed by atoms with Crippen LogP contribution in [-0.4, -0.2) is 56.1 Å². The highest BCUT2D eigenvalue weighted by molar-refractivity contribution is 5.16. The highest BCUT2D eigenvalue weighted by Crippen LogP contribution is 2.35. The fourth-order valence-corrected chi connectivity index (χ4v) is 3.08. The summed E-state index contributed by atoms with van der Waals surface area (Å²) in [7, 11) is 1.55. The lowest BCUT2D eigenvalue weighted by Gasteiger charge is -2.47. The van der Waals surface area contributed by atoms with Crippen molar-refractivity contribution in [2.45, 2.75) is 56.8 Å². The number of hydrogen-bond donors (Lipinski definition) is 1. The Balaban J connectivity index is 1.69. The van der Waals surface area contributed by atoms with Gasteiger partial charge in [-0.1, -0.05) is 43.7 Å². The van der Waals surface area contributed by atoms with Crippen LogP contribution in [0.3, 0.4) is 0 Å². The number of benzene rings is 1. The Bertz CT molecular complexity index is 496. The maximum Gasteiger partial charge on any atom is 0.186 e. The van der Waals surface area contributed by atoms with Crippen LogP contribution in [0.4, 0.5) is 0 Å². The topological polar surface area (TPSA) is 66.4 Å². The molecule has 6 atom stereocenters. The summed E-state index contributed by atoms with van der Waals surface area (Å²) in [6, 6.07) is 9.68. The van der Waals surface area contributed by atoms with Gasteiger partial charge in [0.05, 0.1) is 6.61 Å². The second-order valence-corrected chi connectivity index (χ2v) is 6.13. The standard InChI is InChI=1S/C18H26O6/c1-3-4-10-21-16-14(19)15-13(23-18(16)20-2)11-22-17(24-15)12-8-6-5-7-9-12/h5-9,13-19H,3-4,10-11H2,1-2H3/t13?,14-,15+,16?,17?,18-/m0/s1. The largest absolute Gasteiger partial charge is 0.387 e. The van der Waals surface area contributed by atoms with E-state index in [1.54, 1.807) is 7.11 Å². The Morgan fingerprint density at radius 1 is 1.21 bits per heavy atom. The molecule has 0 amide bonds. The van der Waals surface area contributed by atoms with Crippen LogP contribution in [0.1, 0.15) is 31.6 Å². The Hall–Kier alpha value is -1.02. The first-order valence-electron chi connectivity index (χ1n) is 8.54. The maximum atomic E-state index is 10.8. The summed E-state index contributed by atoms with van der Waals surface area (Å²) >= 11 is 0. The highest BCUT2D eigenvalue weighted by Gasteiger charge is 2.50. The summed E-state index contributed by atoms with van der Waals surface area (Å²) < 4.78 is 28.8. The van der Waals surface area contributed by atoms with Gasteiger partial charge in [0.15, 0.2) is 12.6 Å². The first kappa shape index (κ1) is 17.8. The third kappa shape index (κ3) is 3.79. The average Bonchev–Trinajstić information content (AvgIpc) is 2.64. The molecule has 0 bridgehead atoms. The zero-order chi connectivity index (χ0) is 16.9. The van der Waals surface area contributed by atoms with Crippen LogP contribution in [0.5, 0.6) is 0 Å². The van der Waals surface area contributed by atoms with Gasteiger partial charge in [0.2, 0.25) is 0 Å². The molecule has 0 aromatic heterocycles. The quantitative estimate of drug-likeness (QED) is 0.801. The summed E-state index contributed by atoms with van der Waals surface area (Å²) in [5, 5.41) is 10.8. The van der Waals surface area contributed by atoms with Crippen LogP contribution in [0, 0.1) is 0 Å². The zero-order valence-corrected chi connectivity index (χ0v) is 14.2. The number of methoxy groups -OCH3 is 1. The molecule has 0 saturated carbocycles. The predicted octanol–water partition coefficient (Wildman–Crippen LogP) is 2.02. The molecule has 2 aliphatic heterocycles. The molecule has 1 aromatic rings. The molecule has 1 N–H and O–H groups in total. The summed E-state index contributed by atoms with van der Waals surface area (Å²) in [6.45, 7) is 2.98. The van der Waals surface area contributed by atoms with Crippen molar-refractivity contribution >= 4 is 0 Å². The molecule has 2 aliphatic rings. The van der Waals surface area contributed by atoms with E-state index in [9.17, 15) is 5.11 Å². The van der Waals surface area contributed by atoms with E-state index in [4.69, 9.17) is 23.7 Å². The lowest BCUT2D eigenvalue weighted by Crippen LogP contribution is -2.62. The van der Waals surface area contributed by atoms with Crippen LogP contribution >= 0.6 is 0 Å². The Morgan fingerprint density at radius 2 is 2.00 bits per heavy atom. The van der Waals surface area contributed by atoms with Crippen LogP contribution in [-0.2, 0) is 23.7 Å². The summed E-state index contributed by atoms with van der Waals surface area (Å²) in [5.74, 6) is 0. The van der Waals surface area contributed by atoms with Gasteiger partial charge >= 0.3 is 0 Å². The van der Waals surface area contributed by atoms with Crippen molar-refractivity contribution in [1.82, 2.24) is 0 Å². The molecule has 0 radical (unpaired) electrons. The minimum atomic E-state index is -0.833. The van der Waals surface area contributed by atoms with Crippen molar-refractivity contribution in [3.63, 3.8) is 0 Å². The van der Waals surface area contributed by atoms with Crippen LogP contribution in [0.15, 0.2) is 30.3 Å². The number of rotatable bonds is 6. The Kier molecular flexibility index (Phi) is 6.21. The number of aliphatic hydroxyl groups excluding tert-OH is 1. The number of ether oxygens (including phenoxy) is 5. The van der Waals surface area contributed by atoms with Gasteiger partial charge in [0.1, 0.15) is 24.4 Å². The van der Waals surface area contributed by atoms with E-state index in [2.05, 4.69) is 6.92 Å². The maximum absolute atomic E-state index is 10.8. The van der Waals surface area contributed by atoms with Gasteiger partial charge in [0.25, 0.3) is 0 Å². The molecule has 2 fully saturated rings. The molecule has 3 unspecified atom stereocenters. The minimum Gasteiger partial charge on any atom is -0.387 e. The summed E-state index contributed by atoms with van der Waals surface area (Å²) in [4.78, 5) is 0. The minimum absolute atomic E-state index is 0.336. The van der Waals surface area contributed by atoms with Gasteiger partial charge in [0, 0.05) is 19.3 Å². The van der Waals surface area contributed by atoms with Gasteiger partial charge in [-0.25, -0.2) is 0 Å². The number of unbranched alkanes of at least 4 members (excludes halogenated alkanes) is 1. The van der Waals surface area contributed by atoms with Crippen molar-refractivity contribution in [3.8, 4) is 0 Å². The first-order valence-corrected chi connectivity index (χ1v) is 8.54. The molecule has 3 rings (SSSR count). The Labute approximate surface area is 142 Å². The molecule has 2 heterocycles. The molecule has 134 valence electrons. The second-order valence-electron chi connectivity index (χ2n) is 6.13. The Morgan fingerprint density at radius 3 is 2.71 bits per heavy atom. The normalized spacial score (nSPS) is 36.3. The van der Waals surface area contributed by atoms with E-state index >= 15 is 0 Å². The molecule has 0 aliphatic carbocycles. The van der Waals surface area contributed by atoms with E-state index < -0.39 is 30.9 Å². The third-order valence-electron chi connectivity index (χ3n) is 4.42. The molecule has 6 nitrogen and oxygen atoms in total. The number of aliphatic hydroxyl groups is 1.